The molecule has 4 nitrogen and oxygen atoms in total. The van der Waals surface area contributed by atoms with E-state index in [-0.39, 0.29) is 5.91 Å². The summed E-state index contributed by atoms with van der Waals surface area (Å²) in [5, 5.41) is 3.95. The van der Waals surface area contributed by atoms with Crippen LogP contribution in [-0.2, 0) is 4.79 Å². The van der Waals surface area contributed by atoms with Gasteiger partial charge in [0.25, 0.3) is 5.91 Å². The van der Waals surface area contributed by atoms with Gasteiger partial charge in [0.1, 0.15) is 10.8 Å². The molecule has 0 saturated carbocycles. The van der Waals surface area contributed by atoms with Gasteiger partial charge in [0, 0.05) is 16.8 Å². The molecule has 0 aliphatic heterocycles. The van der Waals surface area contributed by atoms with Gasteiger partial charge in [-0.3, -0.25) is 4.79 Å². The average Bonchev–Trinajstić information content (AvgIpc) is 3.31. The van der Waals surface area contributed by atoms with Crippen molar-refractivity contribution < 1.29 is 9.53 Å². The van der Waals surface area contributed by atoms with E-state index >= 15 is 0 Å². The highest BCUT2D eigenvalue weighted by Gasteiger charge is 2.21. The van der Waals surface area contributed by atoms with E-state index in [0.717, 1.165) is 49.0 Å². The van der Waals surface area contributed by atoms with E-state index in [4.69, 9.17) is 9.72 Å². The van der Waals surface area contributed by atoms with Crippen LogP contribution in [-0.4, -0.2) is 18.0 Å². The second-order valence-corrected chi connectivity index (χ2v) is 10.0. The lowest BCUT2D eigenvalue weighted by atomic mass is 9.92. The number of aromatic nitrogens is 1. The fourth-order valence-corrected chi connectivity index (χ4v) is 5.15. The van der Waals surface area contributed by atoms with Gasteiger partial charge in [-0.15, -0.1) is 24.5 Å². The molecule has 0 fully saturated rings. The minimum Gasteiger partial charge on any atom is -0.497 e. The molecule has 3 aromatic rings. The molecular weight excluding hydrogens is 500 g/mol. The maximum Gasteiger partial charge on any atom is 0.255 e. The molecule has 208 valence electrons. The molecule has 5 heteroatoms. The monoisotopic (exact) mass is 544 g/mol. The van der Waals surface area contributed by atoms with E-state index in [2.05, 4.69) is 77.0 Å². The number of ether oxygens (including phenoxy) is 1. The summed E-state index contributed by atoms with van der Waals surface area (Å²) < 4.78 is 6.43. The van der Waals surface area contributed by atoms with E-state index in [9.17, 15) is 4.79 Å². The Bertz CT molecular complexity index is 1390. The molecule has 1 N–H and O–H groups in total. The van der Waals surface area contributed by atoms with Gasteiger partial charge in [0.05, 0.1) is 17.3 Å². The minimum absolute atomic E-state index is 0.177. The average molecular weight is 545 g/mol. The van der Waals surface area contributed by atoms with Crippen LogP contribution in [0, 0.1) is 13.8 Å². The zero-order valence-electron chi connectivity index (χ0n) is 25.1. The predicted octanol–water partition coefficient (Wildman–Crippen LogP) is 9.61. The number of hydrogen-bond acceptors (Lipinski definition) is 4. The topological polar surface area (TPSA) is 51.2 Å². The lowest BCUT2D eigenvalue weighted by molar-refractivity contribution is -0.116. The van der Waals surface area contributed by atoms with Crippen molar-refractivity contribution in [3.05, 3.63) is 107 Å². The maximum absolute atomic E-state index is 13.0. The number of benzene rings is 2. The third-order valence-electron chi connectivity index (χ3n) is 5.71. The number of rotatable bonds is 7. The molecule has 0 aliphatic carbocycles. The third-order valence-corrected chi connectivity index (χ3v) is 6.74. The van der Waals surface area contributed by atoms with Crippen LogP contribution in [0.3, 0.4) is 0 Å². The summed E-state index contributed by atoms with van der Waals surface area (Å²) >= 11 is 1.58. The maximum atomic E-state index is 13.0. The number of thiazole rings is 1. The Labute approximate surface area is 239 Å². The molecule has 2 aromatic carbocycles. The van der Waals surface area contributed by atoms with Crippen molar-refractivity contribution in [1.82, 2.24) is 10.3 Å². The Balaban J connectivity index is 0.00000142. The van der Waals surface area contributed by atoms with Crippen LogP contribution < -0.4 is 10.1 Å². The number of carbonyl (C=O) groups is 1. The van der Waals surface area contributed by atoms with Crippen molar-refractivity contribution in [2.75, 3.05) is 7.11 Å². The number of amides is 1. The second kappa shape index (κ2) is 16.3. The normalized spacial score (nSPS) is 11.9. The quantitative estimate of drug-likeness (QED) is 0.183. The van der Waals surface area contributed by atoms with Gasteiger partial charge < -0.3 is 10.1 Å². The van der Waals surface area contributed by atoms with Crippen LogP contribution in [0.15, 0.2) is 85.1 Å². The van der Waals surface area contributed by atoms with Crippen LogP contribution >= 0.6 is 11.3 Å². The van der Waals surface area contributed by atoms with Crippen LogP contribution in [0.4, 0.5) is 0 Å². The molecule has 0 saturated heterocycles. The number of nitrogens with zero attached hydrogens (tertiary/aromatic N) is 1. The second-order valence-electron chi connectivity index (χ2n) is 9.02. The molecule has 0 spiro atoms. The first-order chi connectivity index (χ1) is 18.6. The van der Waals surface area contributed by atoms with Crippen molar-refractivity contribution >= 4 is 38.6 Å². The highest BCUT2D eigenvalue weighted by Crippen LogP contribution is 2.39. The summed E-state index contributed by atoms with van der Waals surface area (Å²) in [6.45, 7) is 26.0. The van der Waals surface area contributed by atoms with Gasteiger partial charge in [-0.2, -0.15) is 0 Å². The molecule has 0 aliphatic rings. The van der Waals surface area contributed by atoms with Gasteiger partial charge in [0.15, 0.2) is 0 Å². The summed E-state index contributed by atoms with van der Waals surface area (Å²) in [5.41, 5.74) is 8.35. The van der Waals surface area contributed by atoms with E-state index in [1.165, 1.54) is 17.5 Å². The SMILES string of the molecule is C=C.C=C(C)/C(=C\C)C(=O)N/C(C)=C(/C(=C\C)c1ccc(C)cc1C)c1nc2ccc(OC)cc2s1.CCC. The lowest BCUT2D eigenvalue weighted by Crippen LogP contribution is -2.24. The van der Waals surface area contributed by atoms with Gasteiger partial charge in [-0.05, 0) is 82.0 Å². The number of allylic oxidation sites excluding steroid dienone is 5. The molecule has 39 heavy (non-hydrogen) atoms. The molecule has 0 atom stereocenters. The van der Waals surface area contributed by atoms with Crippen LogP contribution in [0.1, 0.15) is 69.7 Å². The molecule has 3 rings (SSSR count). The minimum atomic E-state index is -0.177. The van der Waals surface area contributed by atoms with Crippen LogP contribution in [0.5, 0.6) is 5.75 Å². The summed E-state index contributed by atoms with van der Waals surface area (Å²) in [6.07, 6.45) is 5.12. The Morgan fingerprint density at radius 3 is 2.21 bits per heavy atom. The van der Waals surface area contributed by atoms with E-state index in [1.54, 1.807) is 24.5 Å². The number of aryl methyl sites for hydroxylation is 2. The predicted molar refractivity (Wildman–Crippen MR) is 172 cm³/mol. The Kier molecular flexibility index (Phi) is 13.9. The first kappa shape index (κ1) is 33.3. The number of nitrogens with one attached hydrogen (secondary N) is 1. The van der Waals surface area contributed by atoms with Crippen LogP contribution in [0.25, 0.3) is 21.4 Å². The first-order valence-corrected chi connectivity index (χ1v) is 14.0. The molecule has 1 amide bonds. The molecule has 0 bridgehead atoms. The number of fused-ring (bicyclic) bond motifs is 1. The lowest BCUT2D eigenvalue weighted by Gasteiger charge is -2.18. The third kappa shape index (κ3) is 8.66. The largest absolute Gasteiger partial charge is 0.497 e. The highest BCUT2D eigenvalue weighted by molar-refractivity contribution is 7.19. The van der Waals surface area contributed by atoms with Gasteiger partial charge in [0.2, 0.25) is 0 Å². The fourth-order valence-electron chi connectivity index (χ4n) is 4.04. The summed E-state index contributed by atoms with van der Waals surface area (Å²) in [4.78, 5) is 18.0. The van der Waals surface area contributed by atoms with Crippen molar-refractivity contribution in [1.29, 1.82) is 0 Å². The zero-order valence-corrected chi connectivity index (χ0v) is 25.9. The van der Waals surface area contributed by atoms with E-state index in [1.807, 2.05) is 45.9 Å². The molecule has 0 unspecified atom stereocenters. The summed E-state index contributed by atoms with van der Waals surface area (Å²) in [6, 6.07) is 12.3. The van der Waals surface area contributed by atoms with Crippen molar-refractivity contribution in [2.24, 2.45) is 0 Å². The molecule has 0 radical (unpaired) electrons. The van der Waals surface area contributed by atoms with Crippen molar-refractivity contribution in [3.63, 3.8) is 0 Å². The smallest absolute Gasteiger partial charge is 0.255 e. The molecular formula is C34H44N2O2S. The van der Waals surface area contributed by atoms with Gasteiger partial charge >= 0.3 is 0 Å². The Morgan fingerprint density at radius 1 is 1.05 bits per heavy atom. The highest BCUT2D eigenvalue weighted by atomic mass is 32.1. The molecule has 1 heterocycles. The number of carbonyl (C=O) groups excluding carboxylic acids is 1. The Morgan fingerprint density at radius 2 is 1.69 bits per heavy atom. The summed E-state index contributed by atoms with van der Waals surface area (Å²) in [7, 11) is 1.66. The number of hydrogen-bond donors (Lipinski definition) is 1. The van der Waals surface area contributed by atoms with Gasteiger partial charge in [-0.25, -0.2) is 4.98 Å². The zero-order chi connectivity index (χ0) is 29.7. The fraction of sp³-hybridized carbons (Fsp3) is 0.294. The standard InChI is InChI=1S/C29H32N2O2S.C3H8.C2H4/c1-9-22(17(3)4)28(32)30-20(7)27(23(10-2)24-13-11-18(5)15-19(24)6)29-31-25-14-12-21(33-8)16-26(25)34-29;1-3-2;1-2/h9-16H,3H2,1-2,4-8H3,(H,30,32);3H2,1-2H3;1-2H2/b22-9+,23-10-,27-20-;;. The van der Waals surface area contributed by atoms with Gasteiger partial charge in [-0.1, -0.05) is 62.8 Å². The van der Waals surface area contributed by atoms with Crippen LogP contribution in [0.2, 0.25) is 0 Å². The van der Waals surface area contributed by atoms with E-state index < -0.39 is 0 Å². The van der Waals surface area contributed by atoms with E-state index in [0.29, 0.717) is 5.57 Å². The molecule has 1 aromatic heterocycles. The summed E-state index contributed by atoms with van der Waals surface area (Å²) in [5.74, 6) is 0.613. The van der Waals surface area contributed by atoms with Crippen molar-refractivity contribution in [3.8, 4) is 5.75 Å². The first-order valence-electron chi connectivity index (χ1n) is 13.1. The Hall–Kier alpha value is -3.70. The van der Waals surface area contributed by atoms with Crippen molar-refractivity contribution in [2.45, 2.75) is 61.8 Å². The number of methoxy groups -OCH3 is 1.